The number of hydrogen-bond donors (Lipinski definition) is 1. The molecule has 1 aromatic heterocycles. The van der Waals surface area contributed by atoms with Gasteiger partial charge in [-0.15, -0.1) is 0 Å². The van der Waals surface area contributed by atoms with Gasteiger partial charge in [0.1, 0.15) is 11.4 Å². The van der Waals surface area contributed by atoms with Gasteiger partial charge < -0.3 is 10.1 Å². The number of benzene rings is 3. The summed E-state index contributed by atoms with van der Waals surface area (Å²) in [6, 6.07) is 22.3. The Morgan fingerprint density at radius 3 is 2.31 bits per heavy atom. The van der Waals surface area contributed by atoms with Gasteiger partial charge in [0, 0.05) is 6.07 Å². The van der Waals surface area contributed by atoms with Gasteiger partial charge in [0.2, 0.25) is 0 Å². The van der Waals surface area contributed by atoms with Gasteiger partial charge in [-0.3, -0.25) is 4.79 Å². The Labute approximate surface area is 186 Å². The number of para-hydroxylation sites is 4. The maximum atomic E-state index is 13.3. The molecular weight excluding hydrogens is 443 g/mol. The first-order chi connectivity index (χ1) is 15.3. The van der Waals surface area contributed by atoms with E-state index < -0.39 is 17.8 Å². The fourth-order valence-corrected chi connectivity index (χ4v) is 3.17. The smallest absolute Gasteiger partial charge is 0.435 e. The SMILES string of the molecule is O=C(Nc1ccccc1Oc1ccccc1)c1cc(C(F)(F)F)nn1-c1ccccc1Cl. The lowest BCUT2D eigenvalue weighted by molar-refractivity contribution is -0.141. The lowest BCUT2D eigenvalue weighted by Crippen LogP contribution is -2.17. The van der Waals surface area contributed by atoms with Crippen LogP contribution in [-0.2, 0) is 6.18 Å². The summed E-state index contributed by atoms with van der Waals surface area (Å²) in [5, 5.41) is 6.33. The van der Waals surface area contributed by atoms with Gasteiger partial charge in [0.05, 0.1) is 16.4 Å². The zero-order valence-corrected chi connectivity index (χ0v) is 17.1. The number of nitrogens with zero attached hydrogens (tertiary/aromatic N) is 2. The summed E-state index contributed by atoms with van der Waals surface area (Å²) in [7, 11) is 0. The molecule has 0 unspecified atom stereocenters. The van der Waals surface area contributed by atoms with E-state index in [1.54, 1.807) is 60.7 Å². The second-order valence-electron chi connectivity index (χ2n) is 6.64. The van der Waals surface area contributed by atoms with E-state index in [0.717, 1.165) is 4.68 Å². The van der Waals surface area contributed by atoms with Crippen LogP contribution >= 0.6 is 11.6 Å². The number of amides is 1. The number of halogens is 4. The number of carbonyl (C=O) groups is 1. The van der Waals surface area contributed by atoms with Gasteiger partial charge in [-0.2, -0.15) is 18.3 Å². The molecule has 0 aliphatic rings. The monoisotopic (exact) mass is 457 g/mol. The largest absolute Gasteiger partial charge is 0.455 e. The number of carbonyl (C=O) groups excluding carboxylic acids is 1. The van der Waals surface area contributed by atoms with E-state index in [2.05, 4.69) is 10.4 Å². The van der Waals surface area contributed by atoms with Crippen LogP contribution in [0.1, 0.15) is 16.2 Å². The molecule has 4 rings (SSSR count). The lowest BCUT2D eigenvalue weighted by Gasteiger charge is -2.13. The van der Waals surface area contributed by atoms with Gasteiger partial charge >= 0.3 is 6.18 Å². The summed E-state index contributed by atoms with van der Waals surface area (Å²) in [5.74, 6) is 0.0543. The number of rotatable bonds is 5. The third-order valence-corrected chi connectivity index (χ3v) is 4.74. The fraction of sp³-hybridized carbons (Fsp3) is 0.0435. The van der Waals surface area contributed by atoms with Crippen LogP contribution in [0.4, 0.5) is 18.9 Å². The van der Waals surface area contributed by atoms with E-state index in [1.807, 2.05) is 6.07 Å². The van der Waals surface area contributed by atoms with Crippen LogP contribution in [0.5, 0.6) is 11.5 Å². The van der Waals surface area contributed by atoms with E-state index in [0.29, 0.717) is 17.6 Å². The third-order valence-electron chi connectivity index (χ3n) is 4.42. The van der Waals surface area contributed by atoms with Crippen molar-refractivity contribution in [2.75, 3.05) is 5.32 Å². The van der Waals surface area contributed by atoms with Crippen LogP contribution in [0, 0.1) is 0 Å². The highest BCUT2D eigenvalue weighted by atomic mass is 35.5. The van der Waals surface area contributed by atoms with Gasteiger partial charge in [0.25, 0.3) is 5.91 Å². The van der Waals surface area contributed by atoms with Crippen molar-refractivity contribution < 1.29 is 22.7 Å². The van der Waals surface area contributed by atoms with E-state index in [1.165, 1.54) is 12.1 Å². The summed E-state index contributed by atoms with van der Waals surface area (Å²) in [6.07, 6.45) is -4.74. The van der Waals surface area contributed by atoms with Crippen molar-refractivity contribution in [1.29, 1.82) is 0 Å². The molecular formula is C23H15ClF3N3O2. The summed E-state index contributed by atoms with van der Waals surface area (Å²) >= 11 is 6.14. The van der Waals surface area contributed by atoms with E-state index >= 15 is 0 Å². The van der Waals surface area contributed by atoms with Gasteiger partial charge in [0.15, 0.2) is 11.4 Å². The van der Waals surface area contributed by atoms with Crippen molar-refractivity contribution in [3.63, 3.8) is 0 Å². The minimum Gasteiger partial charge on any atom is -0.455 e. The minimum atomic E-state index is -4.74. The highest BCUT2D eigenvalue weighted by Gasteiger charge is 2.36. The molecule has 1 heterocycles. The van der Waals surface area contributed by atoms with Crippen molar-refractivity contribution in [1.82, 2.24) is 9.78 Å². The van der Waals surface area contributed by atoms with Gasteiger partial charge in [-0.05, 0) is 36.4 Å². The molecule has 0 aliphatic carbocycles. The molecule has 0 spiro atoms. The molecule has 32 heavy (non-hydrogen) atoms. The molecule has 5 nitrogen and oxygen atoms in total. The molecule has 1 amide bonds. The van der Waals surface area contributed by atoms with Crippen LogP contribution in [0.2, 0.25) is 5.02 Å². The summed E-state index contributed by atoms with van der Waals surface area (Å²) in [6.45, 7) is 0. The molecule has 0 saturated carbocycles. The lowest BCUT2D eigenvalue weighted by atomic mass is 10.2. The summed E-state index contributed by atoms with van der Waals surface area (Å²) in [5.41, 5.74) is -1.12. The average molecular weight is 458 g/mol. The maximum absolute atomic E-state index is 13.3. The number of anilines is 1. The van der Waals surface area contributed by atoms with Crippen LogP contribution in [0.15, 0.2) is 84.9 Å². The minimum absolute atomic E-state index is 0.142. The predicted molar refractivity (Wildman–Crippen MR) is 114 cm³/mol. The van der Waals surface area contributed by atoms with Crippen molar-refractivity contribution in [2.45, 2.75) is 6.18 Å². The standard InChI is InChI=1S/C23H15ClF3N3O2/c24-16-10-4-6-12-18(16)30-19(14-21(29-30)23(25,26)27)22(31)28-17-11-5-7-13-20(17)32-15-8-2-1-3-9-15/h1-14H,(H,28,31). The van der Waals surface area contributed by atoms with Gasteiger partial charge in [-0.25, -0.2) is 4.68 Å². The second-order valence-corrected chi connectivity index (χ2v) is 7.05. The molecule has 9 heteroatoms. The van der Waals surface area contributed by atoms with E-state index in [-0.39, 0.29) is 22.1 Å². The molecule has 0 atom stereocenters. The first-order valence-corrected chi connectivity index (χ1v) is 9.76. The molecule has 0 fully saturated rings. The molecule has 4 aromatic rings. The number of nitrogens with one attached hydrogen (secondary N) is 1. The van der Waals surface area contributed by atoms with Crippen LogP contribution in [0.25, 0.3) is 5.69 Å². The highest BCUT2D eigenvalue weighted by Crippen LogP contribution is 2.33. The quantitative estimate of drug-likeness (QED) is 0.368. The van der Waals surface area contributed by atoms with Crippen molar-refractivity contribution in [3.8, 4) is 17.2 Å². The normalized spacial score (nSPS) is 11.2. The molecule has 162 valence electrons. The average Bonchev–Trinajstić information content (AvgIpc) is 3.22. The molecule has 0 bridgehead atoms. The predicted octanol–water partition coefficient (Wildman–Crippen LogP) is 6.59. The van der Waals surface area contributed by atoms with E-state index in [9.17, 15) is 18.0 Å². The Morgan fingerprint density at radius 1 is 0.938 bits per heavy atom. The van der Waals surface area contributed by atoms with Gasteiger partial charge in [-0.1, -0.05) is 54.1 Å². The third kappa shape index (κ3) is 4.60. The zero-order valence-electron chi connectivity index (χ0n) is 16.3. The van der Waals surface area contributed by atoms with Crippen LogP contribution < -0.4 is 10.1 Å². The van der Waals surface area contributed by atoms with Crippen molar-refractivity contribution >= 4 is 23.2 Å². The summed E-state index contributed by atoms with van der Waals surface area (Å²) in [4.78, 5) is 13.0. The van der Waals surface area contributed by atoms with Crippen molar-refractivity contribution in [2.24, 2.45) is 0 Å². The first kappa shape index (κ1) is 21.5. The van der Waals surface area contributed by atoms with Crippen molar-refractivity contribution in [3.05, 3.63) is 101 Å². The van der Waals surface area contributed by atoms with Crippen LogP contribution in [-0.4, -0.2) is 15.7 Å². The first-order valence-electron chi connectivity index (χ1n) is 9.38. The molecule has 0 saturated heterocycles. The Balaban J connectivity index is 1.70. The van der Waals surface area contributed by atoms with Crippen LogP contribution in [0.3, 0.4) is 0 Å². The number of alkyl halides is 3. The summed E-state index contributed by atoms with van der Waals surface area (Å²) < 4.78 is 46.7. The van der Waals surface area contributed by atoms with E-state index in [4.69, 9.17) is 16.3 Å². The molecule has 0 radical (unpaired) electrons. The Morgan fingerprint density at radius 2 is 1.59 bits per heavy atom. The number of ether oxygens (including phenoxy) is 1. The molecule has 1 N–H and O–H groups in total. The highest BCUT2D eigenvalue weighted by molar-refractivity contribution is 6.32. The molecule has 0 aliphatic heterocycles. The Bertz CT molecular complexity index is 1260. The Kier molecular flexibility index (Phi) is 5.87. The maximum Gasteiger partial charge on any atom is 0.435 e. The molecule has 3 aromatic carbocycles. The number of hydrogen-bond acceptors (Lipinski definition) is 3. The second kappa shape index (κ2) is 8.76. The number of aromatic nitrogens is 2. The Hall–Kier alpha value is -3.78. The fourth-order valence-electron chi connectivity index (χ4n) is 2.95. The zero-order chi connectivity index (χ0) is 22.7. The topological polar surface area (TPSA) is 56.1 Å².